The minimum Gasteiger partial charge on any atom is -0.314 e. The molecule has 6 aromatic carbocycles. The third-order valence-corrected chi connectivity index (χ3v) is 13.1. The molecule has 4 aliphatic carbocycles. The van der Waals surface area contributed by atoms with Crippen LogP contribution in [0.1, 0.15) is 50.5 Å². The fourth-order valence-corrected chi connectivity index (χ4v) is 9.79. The molecule has 0 N–H and O–H groups in total. The lowest BCUT2D eigenvalue weighted by Crippen LogP contribution is -2.18. The summed E-state index contributed by atoms with van der Waals surface area (Å²) >= 11 is 0. The summed E-state index contributed by atoms with van der Waals surface area (Å²) in [6.45, 7) is 3.77. The zero-order valence-corrected chi connectivity index (χ0v) is 36.0. The number of rotatable bonds is 11. The molecule has 4 aliphatic rings. The molecule has 1 nitrogen and oxygen atoms in total. The molecule has 1 heteroatoms. The minimum atomic E-state index is 0.406. The van der Waals surface area contributed by atoms with Crippen molar-refractivity contribution in [3.63, 3.8) is 0 Å². The first-order valence-corrected chi connectivity index (χ1v) is 22.7. The largest absolute Gasteiger partial charge is 0.314 e. The Hall–Kier alpha value is -7.22. The first kappa shape index (κ1) is 39.9. The second-order valence-electron chi connectivity index (χ2n) is 17.0. The Bertz CT molecular complexity index is 3000. The molecule has 63 heavy (non-hydrogen) atoms. The van der Waals surface area contributed by atoms with Gasteiger partial charge in [0.05, 0.1) is 0 Å². The van der Waals surface area contributed by atoms with Crippen LogP contribution >= 0.6 is 0 Å². The molecule has 0 saturated carbocycles. The SMILES string of the molecule is C=C/C=C\C=C\C1C=CC(c2ccc(N(C3=CC=C(C4=CC=C(C5=CC=CCC5)CC4)CC3)c3ccc(-c4cc5ccccc5c5cccc(-c6ccccc6)c45)cc3)cc2)=CC1. The predicted octanol–water partition coefficient (Wildman–Crippen LogP) is 17.3. The quantitative estimate of drug-likeness (QED) is 0.0930. The van der Waals surface area contributed by atoms with Crippen molar-refractivity contribution in [2.75, 3.05) is 4.90 Å². The van der Waals surface area contributed by atoms with Gasteiger partial charge in [-0.1, -0.05) is 189 Å². The third-order valence-electron chi connectivity index (χ3n) is 13.1. The van der Waals surface area contributed by atoms with E-state index in [2.05, 4.69) is 212 Å². The van der Waals surface area contributed by atoms with Crippen LogP contribution in [0.25, 0.3) is 49.4 Å². The molecule has 0 fully saturated rings. The van der Waals surface area contributed by atoms with Gasteiger partial charge in [-0.15, -0.1) is 0 Å². The molecule has 0 saturated heterocycles. The Labute approximate surface area is 373 Å². The van der Waals surface area contributed by atoms with Crippen LogP contribution in [0, 0.1) is 5.92 Å². The Balaban J connectivity index is 1.00. The standard InChI is InChI=1S/C62H53N/c1-2-3-4-7-15-45-24-26-47(27-25-45)50-32-38-55(39-33-50)63(56-40-34-51(35-41-56)49-30-28-48(29-31-49)46-16-8-5-9-17-46)57-42-36-53(37-43-57)61-44-54-20-12-13-21-58(54)60-23-14-22-59(62(60)61)52-18-10-6-11-19-52/h2-8,10-16,18-24,26-28,30,32-34,36-40,42-45H,1,9,17,25,29,31,35,41H2/b4-3-,15-7+. The second-order valence-corrected chi connectivity index (χ2v) is 17.0. The lowest BCUT2D eigenvalue weighted by atomic mass is 9.84. The lowest BCUT2D eigenvalue weighted by molar-refractivity contribution is 0.825. The van der Waals surface area contributed by atoms with Crippen molar-refractivity contribution < 1.29 is 0 Å². The van der Waals surface area contributed by atoms with Crippen molar-refractivity contribution in [2.45, 2.75) is 44.9 Å². The van der Waals surface area contributed by atoms with E-state index in [-0.39, 0.29) is 0 Å². The number of hydrogen-bond donors (Lipinski definition) is 0. The summed E-state index contributed by atoms with van der Waals surface area (Å²) in [5.74, 6) is 0.406. The number of fused-ring (bicyclic) bond motifs is 3. The molecule has 1 unspecified atom stereocenters. The maximum Gasteiger partial charge on any atom is 0.0458 e. The van der Waals surface area contributed by atoms with Crippen LogP contribution in [-0.2, 0) is 0 Å². The Kier molecular flexibility index (Phi) is 11.7. The van der Waals surface area contributed by atoms with Gasteiger partial charge in [0.2, 0.25) is 0 Å². The zero-order valence-electron chi connectivity index (χ0n) is 36.0. The summed E-state index contributed by atoms with van der Waals surface area (Å²) in [5.41, 5.74) is 17.1. The zero-order chi connectivity index (χ0) is 42.4. The first-order chi connectivity index (χ1) is 31.2. The van der Waals surface area contributed by atoms with Crippen molar-refractivity contribution in [3.05, 3.63) is 259 Å². The van der Waals surface area contributed by atoms with E-state index in [0.29, 0.717) is 5.92 Å². The minimum absolute atomic E-state index is 0.406. The molecule has 0 spiro atoms. The van der Waals surface area contributed by atoms with E-state index < -0.39 is 0 Å². The van der Waals surface area contributed by atoms with E-state index in [9.17, 15) is 0 Å². The van der Waals surface area contributed by atoms with E-state index >= 15 is 0 Å². The monoisotopic (exact) mass is 811 g/mol. The molecule has 1 atom stereocenters. The number of hydrogen-bond acceptors (Lipinski definition) is 1. The molecular weight excluding hydrogens is 759 g/mol. The van der Waals surface area contributed by atoms with Gasteiger partial charge in [0, 0.05) is 17.1 Å². The highest BCUT2D eigenvalue weighted by Crippen LogP contribution is 2.43. The molecule has 6 aromatic rings. The number of allylic oxidation sites excluding steroid dienone is 21. The van der Waals surface area contributed by atoms with Crippen LogP contribution < -0.4 is 4.90 Å². The van der Waals surface area contributed by atoms with Crippen LogP contribution in [0.5, 0.6) is 0 Å². The highest BCUT2D eigenvalue weighted by Gasteiger charge is 2.22. The normalized spacial score (nSPS) is 17.6. The lowest BCUT2D eigenvalue weighted by Gasteiger charge is -2.31. The van der Waals surface area contributed by atoms with Crippen LogP contribution in [0.3, 0.4) is 0 Å². The van der Waals surface area contributed by atoms with E-state index in [1.807, 2.05) is 18.2 Å². The highest BCUT2D eigenvalue weighted by molar-refractivity contribution is 6.18. The second kappa shape index (κ2) is 18.4. The van der Waals surface area contributed by atoms with Crippen LogP contribution in [0.15, 0.2) is 253 Å². The summed E-state index contributed by atoms with van der Waals surface area (Å²) < 4.78 is 0. The molecule has 0 radical (unpaired) electrons. The van der Waals surface area contributed by atoms with Crippen LogP contribution in [-0.4, -0.2) is 0 Å². The van der Waals surface area contributed by atoms with Crippen molar-refractivity contribution in [1.82, 2.24) is 0 Å². The maximum atomic E-state index is 3.77. The smallest absolute Gasteiger partial charge is 0.0458 e. The third kappa shape index (κ3) is 8.53. The maximum absolute atomic E-state index is 3.77. The molecule has 0 bridgehead atoms. The average Bonchev–Trinajstić information content (AvgIpc) is 3.36. The number of benzene rings is 6. The molecule has 0 aromatic heterocycles. The van der Waals surface area contributed by atoms with Crippen LogP contribution in [0.2, 0.25) is 0 Å². The summed E-state index contributed by atoms with van der Waals surface area (Å²) in [7, 11) is 0. The summed E-state index contributed by atoms with van der Waals surface area (Å²) in [6.07, 6.45) is 41.0. The highest BCUT2D eigenvalue weighted by atomic mass is 15.1. The number of nitrogens with zero attached hydrogens (tertiary/aromatic N) is 1. The summed E-state index contributed by atoms with van der Waals surface area (Å²) in [4.78, 5) is 2.48. The predicted molar refractivity (Wildman–Crippen MR) is 272 cm³/mol. The molecular formula is C62H53N. The molecule has 0 aliphatic heterocycles. The van der Waals surface area contributed by atoms with E-state index in [1.165, 1.54) is 94.3 Å². The molecule has 0 amide bonds. The summed E-state index contributed by atoms with van der Waals surface area (Å²) in [6, 6.07) is 47.3. The Morgan fingerprint density at radius 1 is 0.540 bits per heavy atom. The van der Waals surface area contributed by atoms with Gasteiger partial charge < -0.3 is 4.90 Å². The van der Waals surface area contributed by atoms with Gasteiger partial charge >= 0.3 is 0 Å². The van der Waals surface area contributed by atoms with Crippen molar-refractivity contribution >= 4 is 38.5 Å². The Morgan fingerprint density at radius 3 is 1.87 bits per heavy atom. The van der Waals surface area contributed by atoms with Crippen molar-refractivity contribution in [2.24, 2.45) is 5.92 Å². The van der Waals surface area contributed by atoms with Gasteiger partial charge in [-0.25, -0.2) is 0 Å². The van der Waals surface area contributed by atoms with Gasteiger partial charge in [0.1, 0.15) is 0 Å². The topological polar surface area (TPSA) is 3.24 Å². The van der Waals surface area contributed by atoms with Crippen LogP contribution in [0.4, 0.5) is 11.4 Å². The molecule has 306 valence electrons. The number of anilines is 2. The van der Waals surface area contributed by atoms with Gasteiger partial charge in [-0.3, -0.25) is 0 Å². The fourth-order valence-electron chi connectivity index (χ4n) is 9.79. The van der Waals surface area contributed by atoms with E-state index in [1.54, 1.807) is 0 Å². The van der Waals surface area contributed by atoms with Gasteiger partial charge in [-0.2, -0.15) is 0 Å². The summed E-state index contributed by atoms with van der Waals surface area (Å²) in [5, 5.41) is 5.11. The average molecular weight is 812 g/mol. The van der Waals surface area contributed by atoms with Crippen molar-refractivity contribution in [3.8, 4) is 22.3 Å². The van der Waals surface area contributed by atoms with Gasteiger partial charge in [-0.05, 0) is 164 Å². The molecule has 0 heterocycles. The molecule has 10 rings (SSSR count). The van der Waals surface area contributed by atoms with Crippen molar-refractivity contribution in [1.29, 1.82) is 0 Å². The van der Waals surface area contributed by atoms with E-state index in [4.69, 9.17) is 0 Å². The first-order valence-electron chi connectivity index (χ1n) is 22.7. The Morgan fingerprint density at radius 2 is 1.21 bits per heavy atom. The fraction of sp³-hybridized carbons (Fsp3) is 0.129. The van der Waals surface area contributed by atoms with Gasteiger partial charge in [0.15, 0.2) is 0 Å². The van der Waals surface area contributed by atoms with E-state index in [0.717, 1.165) is 44.9 Å². The van der Waals surface area contributed by atoms with Gasteiger partial charge in [0.25, 0.3) is 0 Å².